The first-order valence-electron chi connectivity index (χ1n) is 9.81. The van der Waals surface area contributed by atoms with Gasteiger partial charge in [0.05, 0.1) is 10.2 Å². The quantitative estimate of drug-likeness (QED) is 0.458. The van der Waals surface area contributed by atoms with E-state index in [-0.39, 0.29) is 5.78 Å². The van der Waals surface area contributed by atoms with Crippen molar-refractivity contribution in [1.82, 2.24) is 0 Å². The van der Waals surface area contributed by atoms with E-state index in [1.54, 1.807) is 0 Å². The summed E-state index contributed by atoms with van der Waals surface area (Å²) in [5.74, 6) is 0.262. The van der Waals surface area contributed by atoms with Crippen LogP contribution in [0.2, 0.25) is 0 Å². The zero-order chi connectivity index (χ0) is 19.5. The van der Waals surface area contributed by atoms with Crippen LogP contribution in [0, 0.1) is 6.92 Å². The van der Waals surface area contributed by atoms with Gasteiger partial charge in [0.15, 0.2) is 5.78 Å². The molecule has 1 aliphatic rings. The number of ketones is 1. The van der Waals surface area contributed by atoms with Crippen molar-refractivity contribution in [1.29, 1.82) is 0 Å². The molecule has 0 atom stereocenters. The van der Waals surface area contributed by atoms with Crippen LogP contribution in [0.3, 0.4) is 0 Å². The highest BCUT2D eigenvalue weighted by Crippen LogP contribution is 2.39. The first kappa shape index (κ1) is 18.9. The van der Waals surface area contributed by atoms with Crippen LogP contribution in [0.4, 0.5) is 5.69 Å². The van der Waals surface area contributed by atoms with Crippen molar-refractivity contribution in [2.24, 2.45) is 0 Å². The third-order valence-electron chi connectivity index (χ3n) is 5.46. The van der Waals surface area contributed by atoms with Gasteiger partial charge in [-0.1, -0.05) is 60.7 Å². The Morgan fingerprint density at radius 3 is 2.04 bits per heavy atom. The maximum Gasteiger partial charge on any atom is 0.164 e. The molecule has 0 spiro atoms. The first-order chi connectivity index (χ1) is 13.6. The zero-order valence-corrected chi connectivity index (χ0v) is 17.7. The summed E-state index contributed by atoms with van der Waals surface area (Å²) in [6.07, 6.45) is 2.59. The summed E-state index contributed by atoms with van der Waals surface area (Å²) in [6.45, 7) is 3.72. The average molecular weight is 434 g/mol. The molecule has 0 bridgehead atoms. The minimum absolute atomic E-state index is 0.262. The van der Waals surface area contributed by atoms with Gasteiger partial charge in [-0.25, -0.2) is 0 Å². The number of nitrogens with zero attached hydrogens (tertiary/aromatic N) is 1. The number of halogens is 1. The van der Waals surface area contributed by atoms with Gasteiger partial charge in [0.25, 0.3) is 0 Å². The summed E-state index contributed by atoms with van der Waals surface area (Å²) in [4.78, 5) is 15.1. The van der Waals surface area contributed by atoms with Gasteiger partial charge >= 0.3 is 0 Å². The number of hydrogen-bond donors (Lipinski definition) is 0. The van der Waals surface area contributed by atoms with Crippen molar-refractivity contribution >= 4 is 27.4 Å². The van der Waals surface area contributed by atoms with E-state index in [0.717, 1.165) is 41.7 Å². The molecule has 0 radical (unpaired) electrons. The highest BCUT2D eigenvalue weighted by Gasteiger charge is 2.25. The van der Waals surface area contributed by atoms with Gasteiger partial charge in [-0.2, -0.15) is 0 Å². The van der Waals surface area contributed by atoms with Crippen LogP contribution in [0.1, 0.15) is 45.5 Å². The molecule has 0 saturated heterocycles. The van der Waals surface area contributed by atoms with Gasteiger partial charge in [0, 0.05) is 25.1 Å². The molecule has 0 N–H and O–H groups in total. The zero-order valence-electron chi connectivity index (χ0n) is 16.1. The molecule has 142 valence electrons. The first-order valence-corrected chi connectivity index (χ1v) is 10.6. The summed E-state index contributed by atoms with van der Waals surface area (Å²) < 4.78 is 0.949. The summed E-state index contributed by atoms with van der Waals surface area (Å²) >= 11 is 3.81. The Balaban J connectivity index is 1.78. The molecule has 2 nitrogen and oxygen atoms in total. The maximum absolute atomic E-state index is 12.7. The van der Waals surface area contributed by atoms with E-state index in [9.17, 15) is 4.79 Å². The fourth-order valence-corrected chi connectivity index (χ4v) is 4.87. The summed E-state index contributed by atoms with van der Waals surface area (Å²) in [5, 5.41) is 0. The Hall–Kier alpha value is -2.39. The molecule has 0 unspecified atom stereocenters. The van der Waals surface area contributed by atoms with Gasteiger partial charge in [0.2, 0.25) is 0 Å². The Bertz CT molecular complexity index is 941. The lowest BCUT2D eigenvalue weighted by Crippen LogP contribution is -2.24. The van der Waals surface area contributed by atoms with Gasteiger partial charge in [0.1, 0.15) is 0 Å². The average Bonchev–Trinajstić information content (AvgIpc) is 2.72. The Morgan fingerprint density at radius 2 is 1.46 bits per heavy atom. The number of carbonyl (C=O) groups is 1. The molecule has 0 heterocycles. The second kappa shape index (κ2) is 8.32. The van der Waals surface area contributed by atoms with Crippen LogP contribution in [0.5, 0.6) is 0 Å². The van der Waals surface area contributed by atoms with Crippen LogP contribution < -0.4 is 4.90 Å². The molecule has 0 aromatic heterocycles. The fourth-order valence-electron chi connectivity index (χ4n) is 4.04. The second-order valence-electron chi connectivity index (χ2n) is 7.48. The molecule has 4 rings (SSSR count). The molecule has 1 aliphatic carbocycles. The number of aryl methyl sites for hydroxylation is 1. The second-order valence-corrected chi connectivity index (χ2v) is 8.28. The number of rotatable bonds is 5. The van der Waals surface area contributed by atoms with Crippen molar-refractivity contribution in [3.63, 3.8) is 0 Å². The van der Waals surface area contributed by atoms with E-state index in [2.05, 4.69) is 82.4 Å². The van der Waals surface area contributed by atoms with Crippen molar-refractivity contribution < 1.29 is 4.79 Å². The van der Waals surface area contributed by atoms with E-state index in [0.29, 0.717) is 6.42 Å². The Morgan fingerprint density at radius 1 is 0.893 bits per heavy atom. The van der Waals surface area contributed by atoms with Crippen molar-refractivity contribution in [2.45, 2.75) is 39.3 Å². The number of Topliss-reactive ketones (excluding diaryl/α,β-unsaturated/α-hetero) is 1. The number of hydrogen-bond acceptors (Lipinski definition) is 2. The van der Waals surface area contributed by atoms with E-state index in [1.165, 1.54) is 22.3 Å². The van der Waals surface area contributed by atoms with E-state index in [1.807, 2.05) is 12.1 Å². The van der Waals surface area contributed by atoms with Gasteiger partial charge in [-0.05, 0) is 64.0 Å². The molecule has 0 saturated carbocycles. The predicted molar refractivity (Wildman–Crippen MR) is 119 cm³/mol. The molecule has 3 aromatic rings. The minimum atomic E-state index is 0.262. The number of anilines is 1. The van der Waals surface area contributed by atoms with Crippen LogP contribution in [-0.2, 0) is 19.5 Å². The predicted octanol–water partition coefficient (Wildman–Crippen LogP) is 6.48. The smallest absolute Gasteiger partial charge is 0.164 e. The lowest BCUT2D eigenvalue weighted by molar-refractivity contribution is 0.0971. The highest BCUT2D eigenvalue weighted by molar-refractivity contribution is 9.10. The normalized spacial score (nSPS) is 13.3. The largest absolute Gasteiger partial charge is 0.362 e. The molecule has 28 heavy (non-hydrogen) atoms. The maximum atomic E-state index is 12.7. The monoisotopic (exact) mass is 433 g/mol. The fraction of sp³-hybridized carbons (Fsp3) is 0.240. The molecule has 3 aromatic carbocycles. The summed E-state index contributed by atoms with van der Waals surface area (Å²) in [6, 6.07) is 23.3. The number of fused-ring (bicyclic) bond motifs is 1. The van der Waals surface area contributed by atoms with Crippen molar-refractivity contribution in [2.75, 3.05) is 4.90 Å². The number of benzene rings is 3. The molecular formula is C25H24BrNO. The number of carbonyl (C=O) groups excluding carboxylic acids is 1. The van der Waals surface area contributed by atoms with E-state index in [4.69, 9.17) is 0 Å². The lowest BCUT2D eigenvalue weighted by atomic mass is 9.87. The van der Waals surface area contributed by atoms with Crippen LogP contribution >= 0.6 is 15.9 Å². The topological polar surface area (TPSA) is 20.3 Å². The van der Waals surface area contributed by atoms with Gasteiger partial charge < -0.3 is 4.90 Å². The van der Waals surface area contributed by atoms with E-state index < -0.39 is 0 Å². The summed E-state index contributed by atoms with van der Waals surface area (Å²) in [7, 11) is 0. The Labute approximate surface area is 175 Å². The standard InChI is InChI=1S/C25H24BrNO/c1-18-15-22(25(26)24-21(18)13-8-14-23(24)28)27(16-19-9-4-2-5-10-19)17-20-11-6-3-7-12-20/h2-7,9-12,15H,8,13-14,16-17H2,1H3. The van der Waals surface area contributed by atoms with Crippen LogP contribution in [0.25, 0.3) is 0 Å². The van der Waals surface area contributed by atoms with Gasteiger partial charge in [-0.3, -0.25) is 4.79 Å². The molecular weight excluding hydrogens is 410 g/mol. The molecule has 0 amide bonds. The third-order valence-corrected chi connectivity index (χ3v) is 6.26. The van der Waals surface area contributed by atoms with Crippen molar-refractivity contribution in [3.8, 4) is 0 Å². The molecule has 3 heteroatoms. The lowest BCUT2D eigenvalue weighted by Gasteiger charge is -2.30. The molecule has 0 fully saturated rings. The third kappa shape index (κ3) is 3.90. The molecule has 0 aliphatic heterocycles. The SMILES string of the molecule is Cc1cc(N(Cc2ccccc2)Cc2ccccc2)c(Br)c2c1CCCC2=O. The van der Waals surface area contributed by atoms with Gasteiger partial charge in [-0.15, -0.1) is 0 Å². The minimum Gasteiger partial charge on any atom is -0.362 e. The summed E-state index contributed by atoms with van der Waals surface area (Å²) in [5.41, 5.74) is 6.93. The van der Waals surface area contributed by atoms with Crippen molar-refractivity contribution in [3.05, 3.63) is 99.0 Å². The van der Waals surface area contributed by atoms with Crippen LogP contribution in [0.15, 0.2) is 71.2 Å². The van der Waals surface area contributed by atoms with Crippen LogP contribution in [-0.4, -0.2) is 5.78 Å². The Kier molecular flexibility index (Phi) is 5.63. The van der Waals surface area contributed by atoms with E-state index >= 15 is 0 Å². The highest BCUT2D eigenvalue weighted by atomic mass is 79.9.